The molecule has 0 aliphatic carbocycles. The van der Waals surface area contributed by atoms with Crippen LogP contribution in [-0.2, 0) is 4.57 Å². The van der Waals surface area contributed by atoms with Crippen LogP contribution in [0.1, 0.15) is 13.8 Å². The molecule has 0 aromatic heterocycles. The Balaban J connectivity index is 2.26. The van der Waals surface area contributed by atoms with Crippen LogP contribution in [0.25, 0.3) is 0 Å². The Bertz CT molecular complexity index is 518. The quantitative estimate of drug-likeness (QED) is 0.863. The van der Waals surface area contributed by atoms with Crippen molar-refractivity contribution in [2.75, 3.05) is 14.1 Å². The molecule has 0 saturated heterocycles. The van der Waals surface area contributed by atoms with E-state index in [4.69, 9.17) is 4.52 Å². The fourth-order valence-corrected chi connectivity index (χ4v) is 3.11. The van der Waals surface area contributed by atoms with Crippen molar-refractivity contribution in [3.8, 4) is 5.75 Å². The van der Waals surface area contributed by atoms with Crippen LogP contribution in [0, 0.1) is 5.92 Å². The van der Waals surface area contributed by atoms with E-state index in [0.717, 1.165) is 5.84 Å². The Labute approximate surface area is 113 Å². The summed E-state index contributed by atoms with van der Waals surface area (Å²) in [6.07, 6.45) is 0. The molecule has 0 radical (unpaired) electrons. The Morgan fingerprint density at radius 2 is 1.89 bits per heavy atom. The fourth-order valence-electron chi connectivity index (χ4n) is 1.64. The molecule has 1 atom stereocenters. The van der Waals surface area contributed by atoms with Gasteiger partial charge in [-0.1, -0.05) is 32.0 Å². The number of hydrogen-bond donors (Lipinski definition) is 1. The summed E-state index contributed by atoms with van der Waals surface area (Å²) in [4.78, 5) is 0. The zero-order valence-corrected chi connectivity index (χ0v) is 12.5. The first kappa shape index (κ1) is 13.9. The van der Waals surface area contributed by atoms with Crippen molar-refractivity contribution in [3.05, 3.63) is 30.3 Å². The minimum Gasteiger partial charge on any atom is -0.416 e. The highest BCUT2D eigenvalue weighted by molar-refractivity contribution is 7.54. The molecule has 1 unspecified atom stereocenters. The predicted octanol–water partition coefficient (Wildman–Crippen LogP) is 2.52. The van der Waals surface area contributed by atoms with Gasteiger partial charge in [0.25, 0.3) is 0 Å². The van der Waals surface area contributed by atoms with Gasteiger partial charge in [0.1, 0.15) is 11.6 Å². The van der Waals surface area contributed by atoms with E-state index in [2.05, 4.69) is 10.5 Å². The van der Waals surface area contributed by atoms with Crippen molar-refractivity contribution in [1.29, 1.82) is 0 Å². The molecular formula is C12H19N4O2P. The molecule has 1 N–H and O–H groups in total. The van der Waals surface area contributed by atoms with E-state index < -0.39 is 7.67 Å². The van der Waals surface area contributed by atoms with Gasteiger partial charge in [-0.2, -0.15) is 5.10 Å². The average Bonchev–Trinajstić information content (AvgIpc) is 2.37. The van der Waals surface area contributed by atoms with Crippen molar-refractivity contribution in [2.24, 2.45) is 11.0 Å². The second kappa shape index (κ2) is 5.23. The lowest BCUT2D eigenvalue weighted by Crippen LogP contribution is -2.47. The molecule has 0 fully saturated rings. The van der Waals surface area contributed by atoms with Crippen LogP contribution in [0.5, 0.6) is 5.75 Å². The van der Waals surface area contributed by atoms with Gasteiger partial charge in [-0.25, -0.2) is 9.34 Å². The minimum atomic E-state index is -3.23. The highest BCUT2D eigenvalue weighted by Gasteiger charge is 2.40. The van der Waals surface area contributed by atoms with Crippen LogP contribution < -0.4 is 9.95 Å². The largest absolute Gasteiger partial charge is 0.455 e. The molecule has 6 nitrogen and oxygen atoms in total. The lowest BCUT2D eigenvalue weighted by Gasteiger charge is -2.37. The average molecular weight is 282 g/mol. The first-order valence-electron chi connectivity index (χ1n) is 6.11. The summed E-state index contributed by atoms with van der Waals surface area (Å²) >= 11 is 0. The molecule has 104 valence electrons. The van der Waals surface area contributed by atoms with E-state index >= 15 is 0 Å². The summed E-state index contributed by atoms with van der Waals surface area (Å²) in [6.45, 7) is 4.03. The van der Waals surface area contributed by atoms with Crippen LogP contribution in [0.2, 0.25) is 0 Å². The lowest BCUT2D eigenvalue weighted by atomic mass is 10.2. The molecule has 0 spiro atoms. The van der Waals surface area contributed by atoms with Gasteiger partial charge in [0.05, 0.1) is 0 Å². The predicted molar refractivity (Wildman–Crippen MR) is 75.6 cm³/mol. The molecule has 0 amide bonds. The maximum Gasteiger partial charge on any atom is 0.455 e. The van der Waals surface area contributed by atoms with Gasteiger partial charge >= 0.3 is 7.67 Å². The zero-order chi connectivity index (χ0) is 14.0. The molecular weight excluding hydrogens is 263 g/mol. The number of hydrazine groups is 1. The molecule has 1 aromatic rings. The Morgan fingerprint density at radius 3 is 2.42 bits per heavy atom. The Morgan fingerprint density at radius 1 is 1.26 bits per heavy atom. The van der Waals surface area contributed by atoms with E-state index in [1.165, 1.54) is 9.56 Å². The number of hydrogen-bond acceptors (Lipinski definition) is 4. The Hall–Kier alpha value is -1.52. The zero-order valence-electron chi connectivity index (χ0n) is 11.6. The number of benzene rings is 1. The van der Waals surface area contributed by atoms with Gasteiger partial charge in [0.15, 0.2) is 0 Å². The number of amidine groups is 1. The first-order valence-corrected chi connectivity index (χ1v) is 7.65. The third-order valence-corrected chi connectivity index (χ3v) is 4.92. The maximum atomic E-state index is 12.9. The molecule has 19 heavy (non-hydrogen) atoms. The standard InChI is InChI=1S/C12H19N4O2P/c1-10(2)12-13-15(3)19(17,16(4)14-12)18-11-8-6-5-7-9-11/h5-10H,1-4H3,(H,13,14). The monoisotopic (exact) mass is 282 g/mol. The maximum absolute atomic E-state index is 12.9. The molecule has 2 rings (SSSR count). The number of nitrogens with zero attached hydrogens (tertiary/aromatic N) is 3. The van der Waals surface area contributed by atoms with Gasteiger partial charge in [0, 0.05) is 20.0 Å². The number of nitrogens with one attached hydrogen (secondary N) is 1. The summed E-state index contributed by atoms with van der Waals surface area (Å²) < 4.78 is 21.4. The molecule has 1 heterocycles. The van der Waals surface area contributed by atoms with Gasteiger partial charge < -0.3 is 4.52 Å². The van der Waals surface area contributed by atoms with Gasteiger partial charge in [-0.15, -0.1) is 4.78 Å². The van der Waals surface area contributed by atoms with E-state index in [9.17, 15) is 4.57 Å². The van der Waals surface area contributed by atoms with Crippen molar-refractivity contribution in [3.63, 3.8) is 0 Å². The molecule has 1 aliphatic heterocycles. The van der Waals surface area contributed by atoms with Gasteiger partial charge in [-0.05, 0) is 12.1 Å². The van der Waals surface area contributed by atoms with Crippen molar-refractivity contribution >= 4 is 13.5 Å². The normalized spacial score (nSPS) is 24.1. The van der Waals surface area contributed by atoms with Crippen molar-refractivity contribution in [2.45, 2.75) is 13.8 Å². The summed E-state index contributed by atoms with van der Waals surface area (Å²) in [7, 11) is 0.122. The molecule has 1 aliphatic rings. The smallest absolute Gasteiger partial charge is 0.416 e. The van der Waals surface area contributed by atoms with Crippen molar-refractivity contribution in [1.82, 2.24) is 15.0 Å². The number of rotatable bonds is 3. The topological polar surface area (TPSA) is 57.2 Å². The molecule has 1 aromatic carbocycles. The fraction of sp³-hybridized carbons (Fsp3) is 0.417. The third kappa shape index (κ3) is 2.74. The highest BCUT2D eigenvalue weighted by atomic mass is 31.2. The van der Waals surface area contributed by atoms with Crippen LogP contribution in [0.4, 0.5) is 0 Å². The van der Waals surface area contributed by atoms with Crippen molar-refractivity contribution < 1.29 is 9.09 Å². The third-order valence-electron chi connectivity index (χ3n) is 2.79. The van der Waals surface area contributed by atoms with E-state index in [0.29, 0.717) is 5.75 Å². The molecule has 0 bridgehead atoms. The molecule has 0 saturated carbocycles. The minimum absolute atomic E-state index is 0.218. The van der Waals surface area contributed by atoms with E-state index in [-0.39, 0.29) is 5.92 Å². The summed E-state index contributed by atoms with van der Waals surface area (Å²) in [5.41, 5.74) is 3.01. The first-order chi connectivity index (χ1) is 8.93. The molecule has 7 heteroatoms. The van der Waals surface area contributed by atoms with Gasteiger partial charge in [0.2, 0.25) is 0 Å². The Kier molecular flexibility index (Phi) is 3.83. The van der Waals surface area contributed by atoms with E-state index in [1.807, 2.05) is 32.0 Å². The lowest BCUT2D eigenvalue weighted by molar-refractivity contribution is 0.279. The van der Waals surface area contributed by atoms with Crippen LogP contribution in [-0.4, -0.2) is 29.5 Å². The summed E-state index contributed by atoms with van der Waals surface area (Å²) in [5.74, 6) is 1.53. The summed E-state index contributed by atoms with van der Waals surface area (Å²) in [5, 5.41) is 4.29. The second-order valence-electron chi connectivity index (χ2n) is 4.66. The number of hydrazone groups is 1. The summed E-state index contributed by atoms with van der Waals surface area (Å²) in [6, 6.07) is 9.08. The van der Waals surface area contributed by atoms with Crippen LogP contribution >= 0.6 is 7.67 Å². The second-order valence-corrected chi connectivity index (χ2v) is 7.00. The van der Waals surface area contributed by atoms with E-state index in [1.54, 1.807) is 26.2 Å². The van der Waals surface area contributed by atoms with Gasteiger partial charge in [-0.3, -0.25) is 5.43 Å². The highest BCUT2D eigenvalue weighted by Crippen LogP contribution is 2.53. The van der Waals surface area contributed by atoms with Crippen LogP contribution in [0.15, 0.2) is 35.4 Å². The SMILES string of the molecule is CC(C)C1=NN(C)P(=O)(Oc2ccccc2)N(C)N1. The van der Waals surface area contributed by atoms with Crippen LogP contribution in [0.3, 0.4) is 0 Å². The number of para-hydroxylation sites is 1.